The Labute approximate surface area is 117 Å². The van der Waals surface area contributed by atoms with Gasteiger partial charge in [-0.2, -0.15) is 5.26 Å². The first-order valence-electron chi connectivity index (χ1n) is 6.28. The molecular weight excluding hydrogens is 262 g/mol. The van der Waals surface area contributed by atoms with Gasteiger partial charge in [-0.05, 0) is 43.9 Å². The van der Waals surface area contributed by atoms with Gasteiger partial charge in [-0.3, -0.25) is 4.79 Å². The zero-order valence-electron chi connectivity index (χ0n) is 10.8. The molecule has 100 valence electrons. The Kier molecular flexibility index (Phi) is 3.96. The largest absolute Gasteiger partial charge is 0.368 e. The van der Waals surface area contributed by atoms with Crippen LogP contribution in [0.2, 0.25) is 5.02 Å². The number of hydrogen-bond donors (Lipinski definition) is 1. The Morgan fingerprint density at radius 3 is 2.79 bits per heavy atom. The van der Waals surface area contributed by atoms with E-state index in [1.54, 1.807) is 19.1 Å². The zero-order valence-corrected chi connectivity index (χ0v) is 11.5. The fraction of sp³-hybridized carbons (Fsp3) is 0.429. The number of carbonyl (C=O) groups excluding carboxylic acids is 1. The first kappa shape index (κ1) is 13.7. The molecule has 5 heteroatoms. The molecule has 19 heavy (non-hydrogen) atoms. The summed E-state index contributed by atoms with van der Waals surface area (Å²) in [6.07, 6.45) is 2.37. The van der Waals surface area contributed by atoms with Crippen molar-refractivity contribution in [3.05, 3.63) is 28.8 Å². The lowest BCUT2D eigenvalue weighted by molar-refractivity contribution is -0.118. The minimum atomic E-state index is -0.385. The SMILES string of the molecule is C[C@@H](C(N)=O)N(CC1CC1)c1ccc(C#N)c(Cl)c1. The smallest absolute Gasteiger partial charge is 0.239 e. The maximum atomic E-state index is 11.4. The van der Waals surface area contributed by atoms with Gasteiger partial charge in [0, 0.05) is 12.2 Å². The van der Waals surface area contributed by atoms with E-state index >= 15 is 0 Å². The van der Waals surface area contributed by atoms with Gasteiger partial charge in [0.1, 0.15) is 12.1 Å². The molecule has 1 saturated carbocycles. The summed E-state index contributed by atoms with van der Waals surface area (Å²) in [6, 6.07) is 6.85. The Bertz CT molecular complexity index is 534. The number of nitrogens with two attached hydrogens (primary N) is 1. The van der Waals surface area contributed by atoms with Gasteiger partial charge in [-0.15, -0.1) is 0 Å². The van der Waals surface area contributed by atoms with Crippen LogP contribution in [0.5, 0.6) is 0 Å². The van der Waals surface area contributed by atoms with Gasteiger partial charge in [0.15, 0.2) is 0 Å². The van der Waals surface area contributed by atoms with E-state index in [9.17, 15) is 4.79 Å². The number of halogens is 1. The molecule has 2 rings (SSSR count). The van der Waals surface area contributed by atoms with Gasteiger partial charge in [-0.25, -0.2) is 0 Å². The molecule has 0 saturated heterocycles. The highest BCUT2D eigenvalue weighted by atomic mass is 35.5. The Hall–Kier alpha value is -1.73. The fourth-order valence-corrected chi connectivity index (χ4v) is 2.21. The summed E-state index contributed by atoms with van der Waals surface area (Å²) in [4.78, 5) is 13.4. The minimum absolute atomic E-state index is 0.360. The number of carbonyl (C=O) groups is 1. The van der Waals surface area contributed by atoms with E-state index in [1.165, 1.54) is 12.8 Å². The molecule has 1 atom stereocenters. The van der Waals surface area contributed by atoms with Crippen molar-refractivity contribution in [2.75, 3.05) is 11.4 Å². The normalized spacial score (nSPS) is 15.6. The number of nitrogens with zero attached hydrogens (tertiary/aromatic N) is 2. The average molecular weight is 278 g/mol. The molecule has 0 aromatic heterocycles. The molecule has 2 N–H and O–H groups in total. The third-order valence-electron chi connectivity index (χ3n) is 3.44. The fourth-order valence-electron chi connectivity index (χ4n) is 1.99. The van der Waals surface area contributed by atoms with Gasteiger partial charge in [0.05, 0.1) is 10.6 Å². The standard InChI is InChI=1S/C14H16ClN3O/c1-9(14(17)19)18(8-10-2-3-10)12-5-4-11(7-16)13(15)6-12/h4-6,9-10H,2-3,8H2,1H3,(H2,17,19)/t9-/m0/s1. The van der Waals surface area contributed by atoms with E-state index in [-0.39, 0.29) is 11.9 Å². The average Bonchev–Trinajstić information content (AvgIpc) is 3.19. The number of rotatable bonds is 5. The van der Waals surface area contributed by atoms with Crippen LogP contribution >= 0.6 is 11.6 Å². The van der Waals surface area contributed by atoms with E-state index < -0.39 is 0 Å². The van der Waals surface area contributed by atoms with Crippen molar-refractivity contribution in [1.29, 1.82) is 5.26 Å². The van der Waals surface area contributed by atoms with E-state index in [4.69, 9.17) is 22.6 Å². The Morgan fingerprint density at radius 2 is 2.32 bits per heavy atom. The summed E-state index contributed by atoms with van der Waals surface area (Å²) in [6.45, 7) is 2.59. The predicted octanol–water partition coefficient (Wildman–Crippen LogP) is 2.30. The Morgan fingerprint density at radius 1 is 1.63 bits per heavy atom. The number of hydrogen-bond acceptors (Lipinski definition) is 3. The van der Waals surface area contributed by atoms with Crippen LogP contribution < -0.4 is 10.6 Å². The second kappa shape index (κ2) is 5.50. The van der Waals surface area contributed by atoms with E-state index in [0.717, 1.165) is 12.2 Å². The third-order valence-corrected chi connectivity index (χ3v) is 3.75. The first-order valence-corrected chi connectivity index (χ1v) is 6.66. The topological polar surface area (TPSA) is 70.1 Å². The second-order valence-corrected chi connectivity index (χ2v) is 5.36. The molecular formula is C14H16ClN3O. The van der Waals surface area contributed by atoms with Gasteiger partial charge in [0.2, 0.25) is 5.91 Å². The number of primary amides is 1. The molecule has 0 aliphatic heterocycles. The highest BCUT2D eigenvalue weighted by Crippen LogP contribution is 2.33. The minimum Gasteiger partial charge on any atom is -0.368 e. The van der Waals surface area contributed by atoms with Crippen molar-refractivity contribution >= 4 is 23.2 Å². The number of nitriles is 1. The van der Waals surface area contributed by atoms with Crippen molar-refractivity contribution in [1.82, 2.24) is 0 Å². The third kappa shape index (κ3) is 3.18. The lowest BCUT2D eigenvalue weighted by Gasteiger charge is -2.29. The van der Waals surface area contributed by atoms with Gasteiger partial charge < -0.3 is 10.6 Å². The molecule has 0 heterocycles. The molecule has 1 fully saturated rings. The molecule has 1 amide bonds. The van der Waals surface area contributed by atoms with Crippen LogP contribution in [0.1, 0.15) is 25.3 Å². The highest BCUT2D eigenvalue weighted by Gasteiger charge is 2.28. The van der Waals surface area contributed by atoms with Crippen LogP contribution in [0.3, 0.4) is 0 Å². The molecule has 0 unspecified atom stereocenters. The van der Waals surface area contributed by atoms with E-state index in [2.05, 4.69) is 0 Å². The summed E-state index contributed by atoms with van der Waals surface area (Å²) in [5, 5.41) is 9.28. The van der Waals surface area contributed by atoms with Crippen LogP contribution in [-0.4, -0.2) is 18.5 Å². The van der Waals surface area contributed by atoms with Gasteiger partial charge in [0.25, 0.3) is 0 Å². The van der Waals surface area contributed by atoms with E-state index in [1.807, 2.05) is 17.0 Å². The van der Waals surface area contributed by atoms with Crippen molar-refractivity contribution in [3.8, 4) is 6.07 Å². The lowest BCUT2D eigenvalue weighted by atomic mass is 10.1. The predicted molar refractivity (Wildman–Crippen MR) is 74.9 cm³/mol. The molecule has 1 aliphatic rings. The van der Waals surface area contributed by atoms with E-state index in [0.29, 0.717) is 16.5 Å². The van der Waals surface area contributed by atoms with Crippen LogP contribution in [0.25, 0.3) is 0 Å². The molecule has 0 spiro atoms. The summed E-state index contributed by atoms with van der Waals surface area (Å²) in [5.41, 5.74) is 6.67. The number of anilines is 1. The zero-order chi connectivity index (χ0) is 14.0. The number of amides is 1. The molecule has 1 aliphatic carbocycles. The summed E-state index contributed by atoms with van der Waals surface area (Å²) >= 11 is 6.04. The first-order chi connectivity index (χ1) is 9.02. The van der Waals surface area contributed by atoms with Gasteiger partial charge >= 0.3 is 0 Å². The highest BCUT2D eigenvalue weighted by molar-refractivity contribution is 6.32. The summed E-state index contributed by atoms with van der Waals surface area (Å²) < 4.78 is 0. The molecule has 1 aromatic carbocycles. The summed E-state index contributed by atoms with van der Waals surface area (Å²) in [7, 11) is 0. The number of benzene rings is 1. The maximum Gasteiger partial charge on any atom is 0.239 e. The summed E-state index contributed by atoms with van der Waals surface area (Å²) in [5.74, 6) is 0.261. The van der Waals surface area contributed by atoms with Crippen LogP contribution in [0.15, 0.2) is 18.2 Å². The van der Waals surface area contributed by atoms with Crippen LogP contribution in [-0.2, 0) is 4.79 Å². The van der Waals surface area contributed by atoms with Crippen molar-refractivity contribution in [2.45, 2.75) is 25.8 Å². The Balaban J connectivity index is 2.29. The van der Waals surface area contributed by atoms with Crippen LogP contribution in [0.4, 0.5) is 5.69 Å². The molecule has 0 bridgehead atoms. The van der Waals surface area contributed by atoms with Crippen LogP contribution in [0, 0.1) is 17.2 Å². The molecule has 0 radical (unpaired) electrons. The quantitative estimate of drug-likeness (QED) is 0.898. The molecule has 1 aromatic rings. The van der Waals surface area contributed by atoms with Crippen molar-refractivity contribution in [2.24, 2.45) is 11.7 Å². The molecule has 4 nitrogen and oxygen atoms in total. The second-order valence-electron chi connectivity index (χ2n) is 4.95. The maximum absolute atomic E-state index is 11.4. The monoisotopic (exact) mass is 277 g/mol. The van der Waals surface area contributed by atoms with Gasteiger partial charge in [-0.1, -0.05) is 11.6 Å². The lowest BCUT2D eigenvalue weighted by Crippen LogP contribution is -2.44. The van der Waals surface area contributed by atoms with Crippen molar-refractivity contribution in [3.63, 3.8) is 0 Å². The van der Waals surface area contributed by atoms with Crippen molar-refractivity contribution < 1.29 is 4.79 Å².